The van der Waals surface area contributed by atoms with Crippen molar-refractivity contribution in [1.29, 1.82) is 0 Å². The van der Waals surface area contributed by atoms with E-state index in [0.717, 1.165) is 5.92 Å². The van der Waals surface area contributed by atoms with Crippen LogP contribution in [0.1, 0.15) is 46.5 Å². The maximum absolute atomic E-state index is 4.03. The Kier molecular flexibility index (Phi) is 5.38. The standard InChI is InChI=1S/C10H20/c1-5-6-7-10(4)8-9(2)3/h9H,4-8H2,1-3H3. The molecule has 0 atom stereocenters. The second-order valence-electron chi connectivity index (χ2n) is 3.45. The molecule has 0 bridgehead atoms. The highest BCUT2D eigenvalue weighted by Gasteiger charge is 1.97. The summed E-state index contributed by atoms with van der Waals surface area (Å²) in [7, 11) is 0. The predicted molar refractivity (Wildman–Crippen MR) is 48.1 cm³/mol. The Morgan fingerprint density at radius 2 is 2.00 bits per heavy atom. The minimum Gasteiger partial charge on any atom is -0.0999 e. The van der Waals surface area contributed by atoms with Crippen LogP contribution >= 0.6 is 0 Å². The first-order chi connectivity index (χ1) is 4.66. The van der Waals surface area contributed by atoms with Crippen LogP contribution in [0, 0.1) is 5.92 Å². The van der Waals surface area contributed by atoms with Crippen LogP contribution in [-0.4, -0.2) is 0 Å². The van der Waals surface area contributed by atoms with Crippen LogP contribution in [0.2, 0.25) is 0 Å². The van der Waals surface area contributed by atoms with Gasteiger partial charge in [0.15, 0.2) is 0 Å². The first-order valence-corrected chi connectivity index (χ1v) is 4.33. The van der Waals surface area contributed by atoms with Crippen LogP contribution in [0.25, 0.3) is 0 Å². The zero-order chi connectivity index (χ0) is 7.98. The molecule has 0 heteroatoms. The van der Waals surface area contributed by atoms with E-state index in [4.69, 9.17) is 0 Å². The van der Waals surface area contributed by atoms with Crippen molar-refractivity contribution >= 4 is 0 Å². The molecule has 60 valence electrons. The molecule has 0 fully saturated rings. The molecule has 0 spiro atoms. The molecule has 0 radical (unpaired) electrons. The summed E-state index contributed by atoms with van der Waals surface area (Å²) in [5.41, 5.74) is 1.43. The number of allylic oxidation sites excluding steroid dienone is 1. The fourth-order valence-corrected chi connectivity index (χ4v) is 1.11. The zero-order valence-electron chi connectivity index (χ0n) is 7.61. The van der Waals surface area contributed by atoms with Crippen LogP contribution in [0.5, 0.6) is 0 Å². The Hall–Kier alpha value is -0.260. The van der Waals surface area contributed by atoms with E-state index in [1.807, 2.05) is 0 Å². The molecule has 0 aliphatic heterocycles. The van der Waals surface area contributed by atoms with E-state index in [1.165, 1.54) is 31.3 Å². The Labute approximate surface area is 65.3 Å². The Balaban J connectivity index is 3.26. The van der Waals surface area contributed by atoms with Gasteiger partial charge in [-0.3, -0.25) is 0 Å². The highest BCUT2D eigenvalue weighted by Crippen LogP contribution is 2.14. The van der Waals surface area contributed by atoms with Gasteiger partial charge in [-0.25, -0.2) is 0 Å². The van der Waals surface area contributed by atoms with Gasteiger partial charge in [0.1, 0.15) is 0 Å². The van der Waals surface area contributed by atoms with Crippen molar-refractivity contribution in [1.82, 2.24) is 0 Å². The fraction of sp³-hybridized carbons (Fsp3) is 0.800. The largest absolute Gasteiger partial charge is 0.0999 e. The minimum atomic E-state index is 0.782. The summed E-state index contributed by atoms with van der Waals surface area (Å²) in [6.07, 6.45) is 5.04. The summed E-state index contributed by atoms with van der Waals surface area (Å²) in [4.78, 5) is 0. The summed E-state index contributed by atoms with van der Waals surface area (Å²) in [5, 5.41) is 0. The molecule has 0 nitrogen and oxygen atoms in total. The minimum absolute atomic E-state index is 0.782. The molecule has 0 amide bonds. The predicted octanol–water partition coefficient (Wildman–Crippen LogP) is 3.78. The van der Waals surface area contributed by atoms with Gasteiger partial charge in [0, 0.05) is 0 Å². The molecule has 10 heavy (non-hydrogen) atoms. The smallest absolute Gasteiger partial charge is 0.0300 e. The van der Waals surface area contributed by atoms with E-state index < -0.39 is 0 Å². The lowest BCUT2D eigenvalue weighted by Gasteiger charge is -2.06. The van der Waals surface area contributed by atoms with Gasteiger partial charge in [0.2, 0.25) is 0 Å². The highest BCUT2D eigenvalue weighted by molar-refractivity contribution is 4.94. The summed E-state index contributed by atoms with van der Waals surface area (Å²) in [5.74, 6) is 0.782. The maximum Gasteiger partial charge on any atom is -0.0300 e. The van der Waals surface area contributed by atoms with E-state index in [2.05, 4.69) is 27.4 Å². The quantitative estimate of drug-likeness (QED) is 0.510. The average molecular weight is 140 g/mol. The van der Waals surface area contributed by atoms with Crippen LogP contribution in [0.4, 0.5) is 0 Å². The molecule has 0 aliphatic carbocycles. The van der Waals surface area contributed by atoms with Crippen LogP contribution < -0.4 is 0 Å². The number of hydrogen-bond acceptors (Lipinski definition) is 0. The van der Waals surface area contributed by atoms with Crippen molar-refractivity contribution in [3.8, 4) is 0 Å². The molecule has 0 aromatic carbocycles. The fourth-order valence-electron chi connectivity index (χ4n) is 1.11. The molecular formula is C10H20. The number of hydrogen-bond donors (Lipinski definition) is 0. The van der Waals surface area contributed by atoms with Gasteiger partial charge in [-0.1, -0.05) is 39.3 Å². The van der Waals surface area contributed by atoms with Crippen molar-refractivity contribution in [2.45, 2.75) is 46.5 Å². The number of unbranched alkanes of at least 4 members (excludes halogenated alkanes) is 1. The molecule has 0 unspecified atom stereocenters. The van der Waals surface area contributed by atoms with Crippen LogP contribution in [-0.2, 0) is 0 Å². The molecular weight excluding hydrogens is 120 g/mol. The van der Waals surface area contributed by atoms with Gasteiger partial charge >= 0.3 is 0 Å². The van der Waals surface area contributed by atoms with Crippen LogP contribution in [0.3, 0.4) is 0 Å². The molecule has 0 rings (SSSR count). The Bertz CT molecular complexity index is 90.2. The van der Waals surface area contributed by atoms with E-state index in [0.29, 0.717) is 0 Å². The van der Waals surface area contributed by atoms with Gasteiger partial charge < -0.3 is 0 Å². The first kappa shape index (κ1) is 9.74. The molecule has 0 saturated heterocycles. The van der Waals surface area contributed by atoms with E-state index in [-0.39, 0.29) is 0 Å². The molecule has 0 aromatic rings. The van der Waals surface area contributed by atoms with Crippen molar-refractivity contribution in [2.75, 3.05) is 0 Å². The van der Waals surface area contributed by atoms with Crippen LogP contribution in [0.15, 0.2) is 12.2 Å². The molecule has 0 aromatic heterocycles. The highest BCUT2D eigenvalue weighted by atomic mass is 14.0. The van der Waals surface area contributed by atoms with Gasteiger partial charge in [0.25, 0.3) is 0 Å². The van der Waals surface area contributed by atoms with E-state index in [1.54, 1.807) is 0 Å². The topological polar surface area (TPSA) is 0 Å². The van der Waals surface area contributed by atoms with Gasteiger partial charge in [0.05, 0.1) is 0 Å². The Morgan fingerprint density at radius 1 is 1.40 bits per heavy atom. The summed E-state index contributed by atoms with van der Waals surface area (Å²) < 4.78 is 0. The van der Waals surface area contributed by atoms with Gasteiger partial charge in [-0.2, -0.15) is 0 Å². The molecule has 0 aliphatic rings. The molecule has 0 heterocycles. The number of rotatable bonds is 5. The monoisotopic (exact) mass is 140 g/mol. The second kappa shape index (κ2) is 5.52. The normalized spacial score (nSPS) is 10.4. The third kappa shape index (κ3) is 5.87. The van der Waals surface area contributed by atoms with E-state index >= 15 is 0 Å². The van der Waals surface area contributed by atoms with E-state index in [9.17, 15) is 0 Å². The lowest BCUT2D eigenvalue weighted by molar-refractivity contribution is 0.615. The molecule has 0 saturated carbocycles. The lowest BCUT2D eigenvalue weighted by Crippen LogP contribution is -1.90. The first-order valence-electron chi connectivity index (χ1n) is 4.33. The lowest BCUT2D eigenvalue weighted by atomic mass is 10.0. The SMILES string of the molecule is C=C(CCCC)CC(C)C. The average Bonchev–Trinajstić information content (AvgIpc) is 1.82. The summed E-state index contributed by atoms with van der Waals surface area (Å²) in [6, 6.07) is 0. The molecule has 0 N–H and O–H groups in total. The van der Waals surface area contributed by atoms with Gasteiger partial charge in [-0.05, 0) is 25.2 Å². The van der Waals surface area contributed by atoms with Crippen molar-refractivity contribution in [3.05, 3.63) is 12.2 Å². The second-order valence-corrected chi connectivity index (χ2v) is 3.45. The Morgan fingerprint density at radius 3 is 2.40 bits per heavy atom. The summed E-state index contributed by atoms with van der Waals surface area (Å²) in [6.45, 7) is 10.8. The summed E-state index contributed by atoms with van der Waals surface area (Å²) >= 11 is 0. The zero-order valence-corrected chi connectivity index (χ0v) is 7.61. The van der Waals surface area contributed by atoms with Crippen molar-refractivity contribution in [2.24, 2.45) is 5.92 Å². The van der Waals surface area contributed by atoms with Crippen molar-refractivity contribution in [3.63, 3.8) is 0 Å². The van der Waals surface area contributed by atoms with Gasteiger partial charge in [-0.15, -0.1) is 0 Å². The third-order valence-corrected chi connectivity index (χ3v) is 1.58. The maximum atomic E-state index is 4.03. The van der Waals surface area contributed by atoms with Crippen molar-refractivity contribution < 1.29 is 0 Å². The third-order valence-electron chi connectivity index (χ3n) is 1.58.